The quantitative estimate of drug-likeness (QED) is 0.683. The van der Waals surface area contributed by atoms with Crippen LogP contribution < -0.4 is 10.6 Å². The molecule has 1 aliphatic rings. The van der Waals surface area contributed by atoms with Gasteiger partial charge in [0.1, 0.15) is 0 Å². The molecule has 1 aliphatic heterocycles. The Morgan fingerprint density at radius 1 is 1.07 bits per heavy atom. The molecule has 3 heterocycles. The molecule has 0 radical (unpaired) electrons. The van der Waals surface area contributed by atoms with E-state index >= 15 is 0 Å². The minimum Gasteiger partial charge on any atom is -0.351 e. The van der Waals surface area contributed by atoms with Crippen molar-refractivity contribution in [2.24, 2.45) is 0 Å². The van der Waals surface area contributed by atoms with Gasteiger partial charge in [0.25, 0.3) is 5.91 Å². The normalized spacial score (nSPS) is 15.1. The molecule has 0 saturated heterocycles. The SMILES string of the molecule is O=C(Cc1cccnc1)N[C@H]1Cc2c(C(=O)NCc3ccccc3)cnn2C1. The highest BCUT2D eigenvalue weighted by molar-refractivity contribution is 5.95. The van der Waals surface area contributed by atoms with Gasteiger partial charge in [-0.05, 0) is 17.2 Å². The van der Waals surface area contributed by atoms with Gasteiger partial charge in [0, 0.05) is 25.4 Å². The van der Waals surface area contributed by atoms with E-state index in [2.05, 4.69) is 20.7 Å². The second kappa shape index (κ2) is 8.04. The van der Waals surface area contributed by atoms with Crippen molar-refractivity contribution in [1.82, 2.24) is 25.4 Å². The molecule has 3 aromatic rings. The lowest BCUT2D eigenvalue weighted by atomic mass is 10.1. The number of amides is 2. The first kappa shape index (κ1) is 17.9. The molecule has 0 unspecified atom stereocenters. The fourth-order valence-electron chi connectivity index (χ4n) is 3.42. The average molecular weight is 375 g/mol. The Morgan fingerprint density at radius 3 is 2.68 bits per heavy atom. The maximum Gasteiger partial charge on any atom is 0.255 e. The van der Waals surface area contributed by atoms with Crippen molar-refractivity contribution in [3.8, 4) is 0 Å². The summed E-state index contributed by atoms with van der Waals surface area (Å²) in [6, 6.07) is 13.4. The number of nitrogens with one attached hydrogen (secondary N) is 2. The predicted molar refractivity (Wildman–Crippen MR) is 103 cm³/mol. The lowest BCUT2D eigenvalue weighted by Crippen LogP contribution is -2.37. The van der Waals surface area contributed by atoms with Gasteiger partial charge >= 0.3 is 0 Å². The Balaban J connectivity index is 1.33. The van der Waals surface area contributed by atoms with Crippen LogP contribution in [0.15, 0.2) is 61.1 Å². The fraction of sp³-hybridized carbons (Fsp3) is 0.238. The van der Waals surface area contributed by atoms with Crippen LogP contribution in [0.5, 0.6) is 0 Å². The monoisotopic (exact) mass is 375 g/mol. The third-order valence-electron chi connectivity index (χ3n) is 4.77. The summed E-state index contributed by atoms with van der Waals surface area (Å²) in [7, 11) is 0. The summed E-state index contributed by atoms with van der Waals surface area (Å²) in [5, 5.41) is 10.3. The van der Waals surface area contributed by atoms with E-state index in [4.69, 9.17) is 0 Å². The van der Waals surface area contributed by atoms with Crippen LogP contribution in [0.4, 0.5) is 0 Å². The van der Waals surface area contributed by atoms with E-state index in [9.17, 15) is 9.59 Å². The molecule has 0 saturated carbocycles. The van der Waals surface area contributed by atoms with E-state index in [1.807, 2.05) is 42.5 Å². The third-order valence-corrected chi connectivity index (χ3v) is 4.77. The first-order valence-electron chi connectivity index (χ1n) is 9.24. The summed E-state index contributed by atoms with van der Waals surface area (Å²) in [4.78, 5) is 28.8. The second-order valence-electron chi connectivity index (χ2n) is 6.86. The number of hydrogen-bond acceptors (Lipinski definition) is 4. The maximum atomic E-state index is 12.6. The van der Waals surface area contributed by atoms with Crippen LogP contribution in [0, 0.1) is 0 Å². The van der Waals surface area contributed by atoms with Crippen molar-refractivity contribution in [2.45, 2.75) is 32.0 Å². The molecule has 2 N–H and O–H groups in total. The zero-order chi connectivity index (χ0) is 19.3. The predicted octanol–water partition coefficient (Wildman–Crippen LogP) is 1.49. The fourth-order valence-corrected chi connectivity index (χ4v) is 3.42. The number of nitrogens with zero attached hydrogens (tertiary/aromatic N) is 3. The van der Waals surface area contributed by atoms with Gasteiger partial charge < -0.3 is 10.6 Å². The van der Waals surface area contributed by atoms with Crippen LogP contribution in [0.3, 0.4) is 0 Å². The lowest BCUT2D eigenvalue weighted by Gasteiger charge is -2.11. The summed E-state index contributed by atoms with van der Waals surface area (Å²) >= 11 is 0. The molecular formula is C21H21N5O2. The first-order chi connectivity index (χ1) is 13.7. The summed E-state index contributed by atoms with van der Waals surface area (Å²) in [5.41, 5.74) is 3.34. The van der Waals surface area contributed by atoms with Gasteiger partial charge in [-0.25, -0.2) is 0 Å². The number of fused-ring (bicyclic) bond motifs is 1. The molecule has 7 heteroatoms. The van der Waals surface area contributed by atoms with Gasteiger partial charge in [-0.15, -0.1) is 0 Å². The molecular weight excluding hydrogens is 354 g/mol. The van der Waals surface area contributed by atoms with Crippen LogP contribution in [0.25, 0.3) is 0 Å². The molecule has 0 bridgehead atoms. The minimum atomic E-state index is -0.146. The lowest BCUT2D eigenvalue weighted by molar-refractivity contribution is -0.121. The topological polar surface area (TPSA) is 88.9 Å². The highest BCUT2D eigenvalue weighted by atomic mass is 16.2. The van der Waals surface area contributed by atoms with Gasteiger partial charge in [0.15, 0.2) is 0 Å². The van der Waals surface area contributed by atoms with Crippen LogP contribution >= 0.6 is 0 Å². The number of benzene rings is 1. The molecule has 2 aromatic heterocycles. The van der Waals surface area contributed by atoms with Gasteiger partial charge in [-0.2, -0.15) is 5.10 Å². The zero-order valence-corrected chi connectivity index (χ0v) is 15.3. The van der Waals surface area contributed by atoms with E-state index in [-0.39, 0.29) is 24.3 Å². The minimum absolute atomic E-state index is 0.0566. The highest BCUT2D eigenvalue weighted by Gasteiger charge is 2.28. The number of pyridine rings is 1. The van der Waals surface area contributed by atoms with Crippen molar-refractivity contribution in [1.29, 1.82) is 0 Å². The van der Waals surface area contributed by atoms with Crippen molar-refractivity contribution in [3.63, 3.8) is 0 Å². The van der Waals surface area contributed by atoms with Gasteiger partial charge in [-0.3, -0.25) is 19.3 Å². The van der Waals surface area contributed by atoms with Crippen molar-refractivity contribution >= 4 is 11.8 Å². The Kier molecular flexibility index (Phi) is 5.14. The van der Waals surface area contributed by atoms with E-state index in [0.717, 1.165) is 16.8 Å². The van der Waals surface area contributed by atoms with E-state index < -0.39 is 0 Å². The van der Waals surface area contributed by atoms with E-state index in [1.54, 1.807) is 23.3 Å². The van der Waals surface area contributed by atoms with E-state index in [0.29, 0.717) is 25.1 Å². The Hall–Kier alpha value is -3.48. The molecule has 28 heavy (non-hydrogen) atoms. The first-order valence-corrected chi connectivity index (χ1v) is 9.24. The third kappa shape index (κ3) is 4.09. The molecule has 1 aromatic carbocycles. The van der Waals surface area contributed by atoms with Crippen LogP contribution in [0.1, 0.15) is 27.2 Å². The number of aromatic nitrogens is 3. The highest BCUT2D eigenvalue weighted by Crippen LogP contribution is 2.19. The molecule has 2 amide bonds. The van der Waals surface area contributed by atoms with Crippen molar-refractivity contribution < 1.29 is 9.59 Å². The van der Waals surface area contributed by atoms with Crippen LogP contribution in [-0.2, 0) is 30.7 Å². The molecule has 0 spiro atoms. The Morgan fingerprint density at radius 2 is 1.89 bits per heavy atom. The summed E-state index contributed by atoms with van der Waals surface area (Å²) in [6.45, 7) is 1.04. The molecule has 142 valence electrons. The summed E-state index contributed by atoms with van der Waals surface area (Å²) < 4.78 is 1.80. The number of carbonyl (C=O) groups excluding carboxylic acids is 2. The molecule has 7 nitrogen and oxygen atoms in total. The Bertz CT molecular complexity index is 969. The van der Waals surface area contributed by atoms with E-state index in [1.165, 1.54) is 0 Å². The zero-order valence-electron chi connectivity index (χ0n) is 15.3. The summed E-state index contributed by atoms with van der Waals surface area (Å²) in [6.07, 6.45) is 5.85. The van der Waals surface area contributed by atoms with Crippen LogP contribution in [0.2, 0.25) is 0 Å². The molecule has 0 aliphatic carbocycles. The smallest absolute Gasteiger partial charge is 0.255 e. The number of rotatable bonds is 6. The maximum absolute atomic E-state index is 12.6. The number of hydrogen-bond donors (Lipinski definition) is 2. The van der Waals surface area contributed by atoms with Crippen molar-refractivity contribution in [2.75, 3.05) is 0 Å². The van der Waals surface area contributed by atoms with Crippen molar-refractivity contribution in [3.05, 3.63) is 83.4 Å². The molecule has 1 atom stereocenters. The largest absolute Gasteiger partial charge is 0.351 e. The van der Waals surface area contributed by atoms with Gasteiger partial charge in [0.2, 0.25) is 5.91 Å². The van der Waals surface area contributed by atoms with Gasteiger partial charge in [0.05, 0.1) is 36.5 Å². The average Bonchev–Trinajstić information content (AvgIpc) is 3.27. The second-order valence-corrected chi connectivity index (χ2v) is 6.86. The van der Waals surface area contributed by atoms with Gasteiger partial charge in [-0.1, -0.05) is 36.4 Å². The standard InChI is InChI=1S/C21H21N5O2/c27-20(9-16-7-4-8-22-11-16)25-17-10-19-18(13-24-26(19)14-17)21(28)23-12-15-5-2-1-3-6-15/h1-8,11,13,17H,9-10,12,14H2,(H,23,28)(H,25,27)/t17-/m0/s1. The summed E-state index contributed by atoms with van der Waals surface area (Å²) in [5.74, 6) is -0.203. The molecule has 4 rings (SSSR count). The Labute approximate surface area is 162 Å². The van der Waals surface area contributed by atoms with Crippen LogP contribution in [-0.4, -0.2) is 32.6 Å². The molecule has 0 fully saturated rings. The number of carbonyl (C=O) groups is 2.